The van der Waals surface area contributed by atoms with Gasteiger partial charge in [0.2, 0.25) is 17.7 Å². The summed E-state index contributed by atoms with van der Waals surface area (Å²) >= 11 is 0. The van der Waals surface area contributed by atoms with E-state index < -0.39 is 47.9 Å². The molecule has 0 aliphatic carbocycles. The van der Waals surface area contributed by atoms with Gasteiger partial charge in [0.15, 0.2) is 0 Å². The summed E-state index contributed by atoms with van der Waals surface area (Å²) in [4.78, 5) is 56.0. The highest BCUT2D eigenvalue weighted by Crippen LogP contribution is 2.22. The first-order chi connectivity index (χ1) is 18.6. The zero-order chi connectivity index (χ0) is 28.1. The van der Waals surface area contributed by atoms with Crippen LogP contribution < -0.4 is 16.4 Å². The molecular formula is C28H33N5O6. The molecule has 1 aromatic heterocycles. The molecule has 1 aliphatic rings. The number of para-hydroxylation sites is 1. The van der Waals surface area contributed by atoms with Crippen molar-refractivity contribution in [3.8, 4) is 5.75 Å². The van der Waals surface area contributed by atoms with Gasteiger partial charge in [-0.2, -0.15) is 0 Å². The lowest BCUT2D eigenvalue weighted by Gasteiger charge is -2.29. The van der Waals surface area contributed by atoms with Crippen LogP contribution >= 0.6 is 0 Å². The van der Waals surface area contributed by atoms with Crippen LogP contribution in [0, 0.1) is 0 Å². The second kappa shape index (κ2) is 12.0. The SMILES string of the molecule is CC(N)C(=O)NC(Cc1c[nH]c2ccccc12)C(=O)NC(Cc1ccc(O)cc1)C(=O)N1CCCC1C(=O)O. The molecule has 4 rings (SSSR count). The highest BCUT2D eigenvalue weighted by molar-refractivity contribution is 5.95. The van der Waals surface area contributed by atoms with E-state index in [-0.39, 0.29) is 25.1 Å². The molecule has 2 aromatic carbocycles. The lowest BCUT2D eigenvalue weighted by atomic mass is 10.0. The molecule has 1 saturated heterocycles. The minimum absolute atomic E-state index is 0.0496. The van der Waals surface area contributed by atoms with E-state index in [0.717, 1.165) is 16.5 Å². The maximum Gasteiger partial charge on any atom is 0.326 e. The van der Waals surface area contributed by atoms with E-state index in [1.807, 2.05) is 24.3 Å². The second-order valence-electron chi connectivity index (χ2n) is 9.87. The molecule has 11 heteroatoms. The molecule has 3 amide bonds. The van der Waals surface area contributed by atoms with Crippen molar-refractivity contribution < 1.29 is 29.4 Å². The summed E-state index contributed by atoms with van der Waals surface area (Å²) in [5.41, 5.74) is 8.08. The van der Waals surface area contributed by atoms with Crippen molar-refractivity contribution in [2.75, 3.05) is 6.54 Å². The Morgan fingerprint density at radius 1 is 1.03 bits per heavy atom. The maximum absolute atomic E-state index is 13.6. The van der Waals surface area contributed by atoms with Crippen LogP contribution in [0.2, 0.25) is 0 Å². The first-order valence-corrected chi connectivity index (χ1v) is 12.9. The molecule has 3 aromatic rings. The number of rotatable bonds is 10. The molecule has 0 spiro atoms. The number of nitrogens with two attached hydrogens (primary N) is 1. The number of fused-ring (bicyclic) bond motifs is 1. The Balaban J connectivity index is 1.61. The quantitative estimate of drug-likeness (QED) is 0.225. The van der Waals surface area contributed by atoms with Gasteiger partial charge in [-0.1, -0.05) is 30.3 Å². The Kier molecular flexibility index (Phi) is 8.50. The molecule has 4 atom stereocenters. The number of likely N-dealkylation sites (tertiary alicyclic amines) is 1. The Morgan fingerprint density at radius 2 is 1.72 bits per heavy atom. The summed E-state index contributed by atoms with van der Waals surface area (Å²) in [7, 11) is 0. The number of hydrogen-bond acceptors (Lipinski definition) is 6. The number of aromatic amines is 1. The lowest BCUT2D eigenvalue weighted by Crippen LogP contribution is -2.58. The van der Waals surface area contributed by atoms with Gasteiger partial charge < -0.3 is 36.5 Å². The van der Waals surface area contributed by atoms with Crippen LogP contribution in [0.4, 0.5) is 0 Å². The topological polar surface area (TPSA) is 178 Å². The molecule has 7 N–H and O–H groups in total. The van der Waals surface area contributed by atoms with E-state index in [1.54, 1.807) is 18.3 Å². The monoisotopic (exact) mass is 535 g/mol. The van der Waals surface area contributed by atoms with Gasteiger partial charge in [-0.15, -0.1) is 0 Å². The van der Waals surface area contributed by atoms with Crippen LogP contribution in [0.25, 0.3) is 10.9 Å². The summed E-state index contributed by atoms with van der Waals surface area (Å²) in [5.74, 6) is -2.70. The highest BCUT2D eigenvalue weighted by Gasteiger charge is 2.38. The fourth-order valence-electron chi connectivity index (χ4n) is 4.86. The normalized spacial score (nSPS) is 17.4. The molecule has 1 fully saturated rings. The number of nitrogens with zero attached hydrogens (tertiary/aromatic N) is 1. The summed E-state index contributed by atoms with van der Waals surface area (Å²) < 4.78 is 0. The second-order valence-corrected chi connectivity index (χ2v) is 9.87. The third kappa shape index (κ3) is 6.55. The number of phenolic OH excluding ortho intramolecular Hbond substituents is 1. The Morgan fingerprint density at radius 3 is 2.41 bits per heavy atom. The van der Waals surface area contributed by atoms with Crippen molar-refractivity contribution >= 4 is 34.6 Å². The fraction of sp³-hybridized carbons (Fsp3) is 0.357. The number of phenols is 1. The summed E-state index contributed by atoms with van der Waals surface area (Å²) in [6, 6.07) is 9.76. The zero-order valence-electron chi connectivity index (χ0n) is 21.6. The number of aromatic hydroxyl groups is 1. The predicted molar refractivity (Wildman–Crippen MR) is 144 cm³/mol. The molecule has 2 heterocycles. The van der Waals surface area contributed by atoms with E-state index >= 15 is 0 Å². The van der Waals surface area contributed by atoms with Crippen LogP contribution in [-0.2, 0) is 32.0 Å². The van der Waals surface area contributed by atoms with Gasteiger partial charge in [0, 0.05) is 36.5 Å². The number of nitrogens with one attached hydrogen (secondary N) is 3. The van der Waals surface area contributed by atoms with Gasteiger partial charge >= 0.3 is 5.97 Å². The van der Waals surface area contributed by atoms with Gasteiger partial charge in [0.05, 0.1) is 6.04 Å². The van der Waals surface area contributed by atoms with Crippen molar-refractivity contribution in [3.05, 3.63) is 65.9 Å². The first-order valence-electron chi connectivity index (χ1n) is 12.9. The molecule has 206 valence electrons. The van der Waals surface area contributed by atoms with E-state index in [9.17, 15) is 29.4 Å². The molecule has 0 radical (unpaired) electrons. The number of carboxylic acid groups (broad SMARTS) is 1. The van der Waals surface area contributed by atoms with E-state index in [2.05, 4.69) is 15.6 Å². The van der Waals surface area contributed by atoms with Crippen LogP contribution in [0.15, 0.2) is 54.7 Å². The first kappa shape index (κ1) is 27.6. The number of aromatic nitrogens is 1. The summed E-state index contributed by atoms with van der Waals surface area (Å²) in [6.45, 7) is 1.77. The third-order valence-corrected chi connectivity index (χ3v) is 6.96. The number of benzene rings is 2. The zero-order valence-corrected chi connectivity index (χ0v) is 21.6. The Hall–Kier alpha value is -4.38. The minimum atomic E-state index is -1.10. The lowest BCUT2D eigenvalue weighted by molar-refractivity contribution is -0.149. The molecule has 4 unspecified atom stereocenters. The van der Waals surface area contributed by atoms with Crippen LogP contribution in [-0.4, -0.2) is 74.5 Å². The van der Waals surface area contributed by atoms with Crippen molar-refractivity contribution in [1.82, 2.24) is 20.5 Å². The minimum Gasteiger partial charge on any atom is -0.508 e. The maximum atomic E-state index is 13.6. The van der Waals surface area contributed by atoms with Gasteiger partial charge in [-0.3, -0.25) is 14.4 Å². The number of carbonyl (C=O) groups excluding carboxylic acids is 3. The van der Waals surface area contributed by atoms with Crippen molar-refractivity contribution in [2.24, 2.45) is 5.73 Å². The van der Waals surface area contributed by atoms with Crippen LogP contribution in [0.5, 0.6) is 5.75 Å². The average molecular weight is 536 g/mol. The van der Waals surface area contributed by atoms with Crippen LogP contribution in [0.1, 0.15) is 30.9 Å². The summed E-state index contributed by atoms with van der Waals surface area (Å²) in [5, 5.41) is 25.6. The molecule has 0 saturated carbocycles. The molecular weight excluding hydrogens is 502 g/mol. The predicted octanol–water partition coefficient (Wildman–Crippen LogP) is 1.05. The van der Waals surface area contributed by atoms with Crippen LogP contribution in [0.3, 0.4) is 0 Å². The number of amides is 3. The third-order valence-electron chi connectivity index (χ3n) is 6.96. The fourth-order valence-corrected chi connectivity index (χ4v) is 4.86. The average Bonchev–Trinajstić information content (AvgIpc) is 3.56. The molecule has 11 nitrogen and oxygen atoms in total. The highest BCUT2D eigenvalue weighted by atomic mass is 16.4. The number of carbonyl (C=O) groups is 4. The molecule has 1 aliphatic heterocycles. The van der Waals surface area contributed by atoms with Gasteiger partial charge in [-0.25, -0.2) is 4.79 Å². The number of carboxylic acids is 1. The number of H-pyrrole nitrogens is 1. The van der Waals surface area contributed by atoms with Gasteiger partial charge in [0.25, 0.3) is 0 Å². The molecule has 0 bridgehead atoms. The standard InChI is InChI=1S/C28H33N5O6/c1-16(29)25(35)31-22(14-18-15-30-21-6-3-2-5-20(18)21)26(36)32-23(13-17-8-10-19(34)11-9-17)27(37)33-12-4-7-24(33)28(38)39/h2-3,5-6,8-11,15-16,22-24,30,34H,4,7,12-14,29H2,1H3,(H,31,35)(H,32,36)(H,38,39). The smallest absolute Gasteiger partial charge is 0.326 e. The van der Waals surface area contributed by atoms with Gasteiger partial charge in [0.1, 0.15) is 23.9 Å². The number of hydrogen-bond donors (Lipinski definition) is 6. The number of aliphatic carboxylic acids is 1. The molecule has 39 heavy (non-hydrogen) atoms. The van der Waals surface area contributed by atoms with Crippen molar-refractivity contribution in [2.45, 2.75) is 56.8 Å². The van der Waals surface area contributed by atoms with Crippen molar-refractivity contribution in [3.63, 3.8) is 0 Å². The van der Waals surface area contributed by atoms with E-state index in [1.165, 1.54) is 24.0 Å². The van der Waals surface area contributed by atoms with Gasteiger partial charge in [-0.05, 0) is 49.1 Å². The van der Waals surface area contributed by atoms with Crippen molar-refractivity contribution in [1.29, 1.82) is 0 Å². The van der Waals surface area contributed by atoms with E-state index in [4.69, 9.17) is 5.73 Å². The Labute approximate surface area is 225 Å². The largest absolute Gasteiger partial charge is 0.508 e. The summed E-state index contributed by atoms with van der Waals surface area (Å²) in [6.07, 6.45) is 2.83. The van der Waals surface area contributed by atoms with E-state index in [0.29, 0.717) is 18.4 Å². The Bertz CT molecular complexity index is 1350.